The minimum atomic E-state index is -0.159. The number of carbonyl (C=O) groups is 1. The Morgan fingerprint density at radius 1 is 1.50 bits per heavy atom. The summed E-state index contributed by atoms with van der Waals surface area (Å²) in [5.41, 5.74) is 4.95. The lowest BCUT2D eigenvalue weighted by atomic mass is 10.2. The Hall–Kier alpha value is -1.62. The number of aromatic nitrogens is 1. The van der Waals surface area contributed by atoms with Gasteiger partial charge in [-0.15, -0.1) is 0 Å². The second kappa shape index (κ2) is 5.46. The van der Waals surface area contributed by atoms with Gasteiger partial charge in [0.25, 0.3) is 5.91 Å². The molecule has 0 saturated carbocycles. The van der Waals surface area contributed by atoms with Crippen LogP contribution in [0.4, 0.5) is 5.69 Å². The fraction of sp³-hybridized carbons (Fsp3) is 0.455. The molecule has 1 heterocycles. The first kappa shape index (κ1) is 12.4. The molecule has 5 nitrogen and oxygen atoms in total. The van der Waals surface area contributed by atoms with Crippen LogP contribution < -0.4 is 10.7 Å². The molecule has 0 saturated heterocycles. The first-order valence-electron chi connectivity index (χ1n) is 5.23. The molecule has 0 atom stereocenters. The Balaban J connectivity index is 2.97. The van der Waals surface area contributed by atoms with E-state index in [2.05, 4.69) is 15.7 Å². The zero-order chi connectivity index (χ0) is 12.1. The SMILES string of the molecule is CCNc1cc(C)ncc1C(=O)NN(C)C. The summed E-state index contributed by atoms with van der Waals surface area (Å²) in [5, 5.41) is 4.76. The van der Waals surface area contributed by atoms with Crippen LogP contribution in [0.15, 0.2) is 12.3 Å². The molecule has 0 unspecified atom stereocenters. The minimum absolute atomic E-state index is 0.159. The molecule has 0 aliphatic carbocycles. The van der Waals surface area contributed by atoms with Crippen molar-refractivity contribution in [3.8, 4) is 0 Å². The number of amides is 1. The van der Waals surface area contributed by atoms with Crippen LogP contribution in [0, 0.1) is 6.92 Å². The smallest absolute Gasteiger partial charge is 0.269 e. The molecule has 0 aliphatic rings. The number of anilines is 1. The van der Waals surface area contributed by atoms with Gasteiger partial charge in [0.1, 0.15) is 0 Å². The van der Waals surface area contributed by atoms with Gasteiger partial charge in [0.2, 0.25) is 0 Å². The predicted molar refractivity (Wildman–Crippen MR) is 64.3 cm³/mol. The normalized spacial score (nSPS) is 10.3. The van der Waals surface area contributed by atoms with Crippen molar-refractivity contribution in [2.24, 2.45) is 0 Å². The average molecular weight is 222 g/mol. The second-order valence-electron chi connectivity index (χ2n) is 3.74. The Morgan fingerprint density at radius 3 is 2.75 bits per heavy atom. The van der Waals surface area contributed by atoms with Gasteiger partial charge in [-0.05, 0) is 19.9 Å². The quantitative estimate of drug-likeness (QED) is 0.747. The van der Waals surface area contributed by atoms with Crippen LogP contribution in [-0.2, 0) is 0 Å². The Bertz CT molecular complexity index is 376. The van der Waals surface area contributed by atoms with E-state index in [1.807, 2.05) is 19.9 Å². The molecule has 1 amide bonds. The number of nitrogens with one attached hydrogen (secondary N) is 2. The molecule has 1 aromatic rings. The van der Waals surface area contributed by atoms with Crippen molar-refractivity contribution >= 4 is 11.6 Å². The topological polar surface area (TPSA) is 57.3 Å². The van der Waals surface area contributed by atoms with Crippen LogP contribution in [0.3, 0.4) is 0 Å². The summed E-state index contributed by atoms with van der Waals surface area (Å²) in [4.78, 5) is 16.0. The van der Waals surface area contributed by atoms with E-state index >= 15 is 0 Å². The third kappa shape index (κ3) is 3.20. The zero-order valence-corrected chi connectivity index (χ0v) is 10.2. The van der Waals surface area contributed by atoms with E-state index in [0.717, 1.165) is 17.9 Å². The van der Waals surface area contributed by atoms with Crippen molar-refractivity contribution in [3.63, 3.8) is 0 Å². The molecule has 88 valence electrons. The highest BCUT2D eigenvalue weighted by atomic mass is 16.2. The fourth-order valence-electron chi connectivity index (χ4n) is 1.34. The van der Waals surface area contributed by atoms with Gasteiger partial charge in [0.15, 0.2) is 0 Å². The molecule has 0 spiro atoms. The number of hydrazine groups is 1. The summed E-state index contributed by atoms with van der Waals surface area (Å²) in [6.07, 6.45) is 1.59. The zero-order valence-electron chi connectivity index (χ0n) is 10.2. The highest BCUT2D eigenvalue weighted by Gasteiger charge is 2.12. The van der Waals surface area contributed by atoms with Gasteiger partial charge >= 0.3 is 0 Å². The number of pyridine rings is 1. The molecule has 0 fully saturated rings. The van der Waals surface area contributed by atoms with Crippen LogP contribution in [-0.4, -0.2) is 36.5 Å². The van der Waals surface area contributed by atoms with E-state index in [1.165, 1.54) is 0 Å². The Labute approximate surface area is 95.8 Å². The maximum atomic E-state index is 11.8. The summed E-state index contributed by atoms with van der Waals surface area (Å²) < 4.78 is 0. The average Bonchev–Trinajstić information content (AvgIpc) is 2.17. The molecule has 1 aromatic heterocycles. The summed E-state index contributed by atoms with van der Waals surface area (Å²) >= 11 is 0. The second-order valence-corrected chi connectivity index (χ2v) is 3.74. The van der Waals surface area contributed by atoms with E-state index in [1.54, 1.807) is 25.3 Å². The Kier molecular flexibility index (Phi) is 4.25. The lowest BCUT2D eigenvalue weighted by molar-refractivity contribution is 0.0857. The van der Waals surface area contributed by atoms with Gasteiger partial charge in [-0.3, -0.25) is 15.2 Å². The number of aryl methyl sites for hydroxylation is 1. The molecule has 0 radical (unpaired) electrons. The van der Waals surface area contributed by atoms with E-state index < -0.39 is 0 Å². The molecule has 5 heteroatoms. The lowest BCUT2D eigenvalue weighted by Crippen LogP contribution is -2.36. The van der Waals surface area contributed by atoms with Crippen molar-refractivity contribution in [2.45, 2.75) is 13.8 Å². The van der Waals surface area contributed by atoms with E-state index in [-0.39, 0.29) is 5.91 Å². The Morgan fingerprint density at radius 2 is 2.19 bits per heavy atom. The molecule has 16 heavy (non-hydrogen) atoms. The third-order valence-electron chi connectivity index (χ3n) is 1.98. The highest BCUT2D eigenvalue weighted by molar-refractivity contribution is 5.99. The van der Waals surface area contributed by atoms with Gasteiger partial charge in [-0.25, -0.2) is 5.01 Å². The maximum Gasteiger partial charge on any atom is 0.269 e. The standard InChI is InChI=1S/C11H18N4O/c1-5-12-10-6-8(2)13-7-9(10)11(16)14-15(3)4/h6-7H,5H2,1-4H3,(H,12,13)(H,14,16). The number of hydrogen-bond donors (Lipinski definition) is 2. The summed E-state index contributed by atoms with van der Waals surface area (Å²) in [5.74, 6) is -0.159. The fourth-order valence-corrected chi connectivity index (χ4v) is 1.34. The minimum Gasteiger partial charge on any atom is -0.385 e. The van der Waals surface area contributed by atoms with Crippen molar-refractivity contribution in [2.75, 3.05) is 26.0 Å². The molecule has 0 bridgehead atoms. The van der Waals surface area contributed by atoms with Crippen molar-refractivity contribution in [1.82, 2.24) is 15.4 Å². The van der Waals surface area contributed by atoms with E-state index in [9.17, 15) is 4.79 Å². The maximum absolute atomic E-state index is 11.8. The lowest BCUT2D eigenvalue weighted by Gasteiger charge is -2.14. The van der Waals surface area contributed by atoms with Crippen LogP contribution in [0.2, 0.25) is 0 Å². The predicted octanol–water partition coefficient (Wildman–Crippen LogP) is 1.03. The van der Waals surface area contributed by atoms with Gasteiger partial charge in [0, 0.05) is 32.5 Å². The highest BCUT2D eigenvalue weighted by Crippen LogP contribution is 2.15. The molecular formula is C11H18N4O. The van der Waals surface area contributed by atoms with Crippen LogP contribution in [0.25, 0.3) is 0 Å². The molecule has 1 rings (SSSR count). The summed E-state index contributed by atoms with van der Waals surface area (Å²) in [7, 11) is 3.54. The number of carbonyl (C=O) groups excluding carboxylic acids is 1. The molecule has 0 aromatic carbocycles. The molecule has 2 N–H and O–H groups in total. The van der Waals surface area contributed by atoms with Crippen molar-refractivity contribution in [1.29, 1.82) is 0 Å². The summed E-state index contributed by atoms with van der Waals surface area (Å²) in [6, 6.07) is 1.87. The number of rotatable bonds is 4. The number of hydrogen-bond acceptors (Lipinski definition) is 4. The number of nitrogens with zero attached hydrogens (tertiary/aromatic N) is 2. The van der Waals surface area contributed by atoms with E-state index in [0.29, 0.717) is 5.56 Å². The van der Waals surface area contributed by atoms with Gasteiger partial charge in [-0.1, -0.05) is 0 Å². The summed E-state index contributed by atoms with van der Waals surface area (Å²) in [6.45, 7) is 4.66. The van der Waals surface area contributed by atoms with Gasteiger partial charge < -0.3 is 5.32 Å². The van der Waals surface area contributed by atoms with Crippen LogP contribution >= 0.6 is 0 Å². The third-order valence-corrected chi connectivity index (χ3v) is 1.98. The van der Waals surface area contributed by atoms with Crippen LogP contribution in [0.1, 0.15) is 23.0 Å². The first-order chi connectivity index (χ1) is 7.54. The van der Waals surface area contributed by atoms with Crippen LogP contribution in [0.5, 0.6) is 0 Å². The van der Waals surface area contributed by atoms with Gasteiger partial charge in [-0.2, -0.15) is 0 Å². The molecule has 0 aliphatic heterocycles. The monoisotopic (exact) mass is 222 g/mol. The van der Waals surface area contributed by atoms with Gasteiger partial charge in [0.05, 0.1) is 11.3 Å². The molecular weight excluding hydrogens is 204 g/mol. The van der Waals surface area contributed by atoms with Crippen molar-refractivity contribution in [3.05, 3.63) is 23.5 Å². The first-order valence-corrected chi connectivity index (χ1v) is 5.23. The van der Waals surface area contributed by atoms with E-state index in [4.69, 9.17) is 0 Å². The van der Waals surface area contributed by atoms with Crippen molar-refractivity contribution < 1.29 is 4.79 Å². The largest absolute Gasteiger partial charge is 0.385 e.